The molecule has 0 radical (unpaired) electrons. The number of rotatable bonds is 5. The van der Waals surface area contributed by atoms with Crippen molar-refractivity contribution in [1.82, 2.24) is 0 Å². The van der Waals surface area contributed by atoms with E-state index in [0.717, 1.165) is 5.56 Å². The number of aromatic hydroxyl groups is 1. The first-order valence-electron chi connectivity index (χ1n) is 6.61. The molecular weight excluding hydrogens is 266 g/mol. The highest BCUT2D eigenvalue weighted by Gasteiger charge is 2.10. The lowest BCUT2D eigenvalue weighted by atomic mass is 10.0. The van der Waals surface area contributed by atoms with E-state index in [9.17, 15) is 9.90 Å². The fraction of sp³-hybridized carbons (Fsp3) is 0.188. The molecule has 0 aliphatic carbocycles. The second kappa shape index (κ2) is 6.76. The van der Waals surface area contributed by atoms with Gasteiger partial charge in [-0.1, -0.05) is 24.3 Å². The molecule has 0 fully saturated rings. The summed E-state index contributed by atoms with van der Waals surface area (Å²) in [5.41, 5.74) is 7.62. The summed E-state index contributed by atoms with van der Waals surface area (Å²) in [5, 5.41) is 17.9. The van der Waals surface area contributed by atoms with E-state index in [1.165, 1.54) is 13.0 Å². The standard InChI is InChI=1S/C16H17N3O2/c1-11(20)14(17)9-12-7-8-16(21)15(10-12)19-18-13-5-3-2-4-6-13/h2-8,10,14,21H,9,17H2,1H3. The number of azo groups is 1. The zero-order valence-corrected chi connectivity index (χ0v) is 11.7. The number of hydrogen-bond acceptors (Lipinski definition) is 5. The van der Waals surface area contributed by atoms with Gasteiger partial charge in [-0.3, -0.25) is 4.79 Å². The summed E-state index contributed by atoms with van der Waals surface area (Å²) < 4.78 is 0. The molecule has 1 unspecified atom stereocenters. The summed E-state index contributed by atoms with van der Waals surface area (Å²) in [7, 11) is 0. The third kappa shape index (κ3) is 4.22. The number of phenolic OH excluding ortho intramolecular Hbond substituents is 1. The van der Waals surface area contributed by atoms with Gasteiger partial charge in [-0.2, -0.15) is 5.11 Å². The van der Waals surface area contributed by atoms with Gasteiger partial charge in [-0.05, 0) is 43.2 Å². The summed E-state index contributed by atoms with van der Waals surface area (Å²) in [6.07, 6.45) is 0.406. The van der Waals surface area contributed by atoms with Gasteiger partial charge in [-0.15, -0.1) is 5.11 Å². The number of carbonyl (C=O) groups is 1. The summed E-state index contributed by atoms with van der Waals surface area (Å²) in [6, 6.07) is 13.6. The second-order valence-corrected chi connectivity index (χ2v) is 4.78. The molecule has 5 nitrogen and oxygen atoms in total. The van der Waals surface area contributed by atoms with Gasteiger partial charge in [0, 0.05) is 0 Å². The van der Waals surface area contributed by atoms with Gasteiger partial charge >= 0.3 is 0 Å². The number of Topliss-reactive ketones (excluding diaryl/α,β-unsaturated/α-hetero) is 1. The molecule has 2 rings (SSSR count). The molecule has 3 N–H and O–H groups in total. The van der Waals surface area contributed by atoms with E-state index < -0.39 is 6.04 Å². The maximum absolute atomic E-state index is 11.2. The number of hydrogen-bond donors (Lipinski definition) is 2. The van der Waals surface area contributed by atoms with Gasteiger partial charge in [0.2, 0.25) is 0 Å². The van der Waals surface area contributed by atoms with Crippen LogP contribution in [-0.2, 0) is 11.2 Å². The number of carbonyl (C=O) groups excluding carboxylic acids is 1. The van der Waals surface area contributed by atoms with E-state index in [-0.39, 0.29) is 11.5 Å². The highest BCUT2D eigenvalue weighted by Crippen LogP contribution is 2.29. The van der Waals surface area contributed by atoms with E-state index in [0.29, 0.717) is 17.8 Å². The van der Waals surface area contributed by atoms with Crippen molar-refractivity contribution in [3.05, 3.63) is 54.1 Å². The largest absolute Gasteiger partial charge is 0.506 e. The van der Waals surface area contributed by atoms with Crippen molar-refractivity contribution in [2.45, 2.75) is 19.4 Å². The van der Waals surface area contributed by atoms with Gasteiger partial charge in [0.25, 0.3) is 0 Å². The molecule has 5 heteroatoms. The van der Waals surface area contributed by atoms with Crippen LogP contribution in [-0.4, -0.2) is 16.9 Å². The average Bonchev–Trinajstić information content (AvgIpc) is 2.48. The molecule has 2 aromatic carbocycles. The molecule has 0 spiro atoms. The first-order chi connectivity index (χ1) is 10.1. The van der Waals surface area contributed by atoms with E-state index in [2.05, 4.69) is 10.2 Å². The van der Waals surface area contributed by atoms with Gasteiger partial charge in [0.15, 0.2) is 0 Å². The highest BCUT2D eigenvalue weighted by atomic mass is 16.3. The molecule has 21 heavy (non-hydrogen) atoms. The second-order valence-electron chi connectivity index (χ2n) is 4.78. The number of nitrogens with zero attached hydrogens (tertiary/aromatic N) is 2. The predicted molar refractivity (Wildman–Crippen MR) is 81.1 cm³/mol. The zero-order valence-electron chi connectivity index (χ0n) is 11.7. The molecular formula is C16H17N3O2. The number of benzene rings is 2. The Morgan fingerprint density at radius 2 is 1.90 bits per heavy atom. The summed E-state index contributed by atoms with van der Waals surface area (Å²) in [5.74, 6) is -0.0367. The Balaban J connectivity index is 2.19. The summed E-state index contributed by atoms with van der Waals surface area (Å²) >= 11 is 0. The molecule has 0 bridgehead atoms. The van der Waals surface area contributed by atoms with E-state index in [4.69, 9.17) is 5.73 Å². The fourth-order valence-electron chi connectivity index (χ4n) is 1.78. The predicted octanol–water partition coefficient (Wildman–Crippen LogP) is 3.27. The van der Waals surface area contributed by atoms with Crippen LogP contribution in [0.5, 0.6) is 5.75 Å². The van der Waals surface area contributed by atoms with Crippen molar-refractivity contribution in [3.8, 4) is 5.75 Å². The molecule has 1 atom stereocenters. The Bertz CT molecular complexity index is 654. The molecule has 0 saturated heterocycles. The van der Waals surface area contributed by atoms with Gasteiger partial charge in [0.1, 0.15) is 17.2 Å². The molecule has 108 valence electrons. The summed E-state index contributed by atoms with van der Waals surface area (Å²) in [4.78, 5) is 11.2. The van der Waals surface area contributed by atoms with Crippen molar-refractivity contribution in [1.29, 1.82) is 0 Å². The number of nitrogens with two attached hydrogens (primary N) is 1. The van der Waals surface area contributed by atoms with Crippen molar-refractivity contribution in [2.24, 2.45) is 16.0 Å². The SMILES string of the molecule is CC(=O)C(N)Cc1ccc(O)c(N=Nc2ccccc2)c1. The van der Waals surface area contributed by atoms with Crippen molar-refractivity contribution >= 4 is 17.2 Å². The van der Waals surface area contributed by atoms with Crippen LogP contribution in [0.1, 0.15) is 12.5 Å². The zero-order chi connectivity index (χ0) is 15.2. The Morgan fingerprint density at radius 3 is 2.57 bits per heavy atom. The molecule has 0 aromatic heterocycles. The summed E-state index contributed by atoms with van der Waals surface area (Å²) in [6.45, 7) is 1.46. The first-order valence-corrected chi connectivity index (χ1v) is 6.61. The lowest BCUT2D eigenvalue weighted by Gasteiger charge is -2.08. The van der Waals surface area contributed by atoms with E-state index in [1.54, 1.807) is 12.1 Å². The third-order valence-electron chi connectivity index (χ3n) is 3.05. The Morgan fingerprint density at radius 1 is 1.19 bits per heavy atom. The number of ketones is 1. The molecule has 0 aliphatic rings. The molecule has 0 heterocycles. The Hall–Kier alpha value is -2.53. The first kappa shape index (κ1) is 14.9. The van der Waals surface area contributed by atoms with Crippen LogP contribution in [0.3, 0.4) is 0 Å². The Labute approximate surface area is 123 Å². The Kier molecular flexibility index (Phi) is 4.79. The average molecular weight is 283 g/mol. The monoisotopic (exact) mass is 283 g/mol. The van der Waals surface area contributed by atoms with E-state index in [1.807, 2.05) is 30.3 Å². The van der Waals surface area contributed by atoms with Crippen LogP contribution in [0.15, 0.2) is 58.8 Å². The van der Waals surface area contributed by atoms with Crippen molar-refractivity contribution in [2.75, 3.05) is 0 Å². The molecule has 0 amide bonds. The van der Waals surface area contributed by atoms with E-state index >= 15 is 0 Å². The van der Waals surface area contributed by atoms with Crippen LogP contribution in [0.25, 0.3) is 0 Å². The fourth-order valence-corrected chi connectivity index (χ4v) is 1.78. The smallest absolute Gasteiger partial charge is 0.146 e. The maximum atomic E-state index is 11.2. The lowest BCUT2D eigenvalue weighted by molar-refractivity contribution is -0.118. The van der Waals surface area contributed by atoms with Gasteiger partial charge in [0.05, 0.1) is 11.7 Å². The third-order valence-corrected chi connectivity index (χ3v) is 3.05. The normalized spacial score (nSPS) is 12.5. The molecule has 0 aliphatic heterocycles. The minimum Gasteiger partial charge on any atom is -0.506 e. The van der Waals surface area contributed by atoms with Crippen LogP contribution in [0.4, 0.5) is 11.4 Å². The minimum absolute atomic E-state index is 0.0369. The van der Waals surface area contributed by atoms with Gasteiger partial charge < -0.3 is 10.8 Å². The van der Waals surface area contributed by atoms with Crippen LogP contribution >= 0.6 is 0 Å². The quantitative estimate of drug-likeness (QED) is 0.825. The lowest BCUT2D eigenvalue weighted by Crippen LogP contribution is -2.30. The number of phenols is 1. The molecule has 2 aromatic rings. The molecule has 0 saturated carbocycles. The van der Waals surface area contributed by atoms with Crippen LogP contribution < -0.4 is 5.73 Å². The van der Waals surface area contributed by atoms with Gasteiger partial charge in [-0.25, -0.2) is 0 Å². The van der Waals surface area contributed by atoms with Crippen molar-refractivity contribution < 1.29 is 9.90 Å². The maximum Gasteiger partial charge on any atom is 0.146 e. The highest BCUT2D eigenvalue weighted by molar-refractivity contribution is 5.81. The topological polar surface area (TPSA) is 88.0 Å². The van der Waals surface area contributed by atoms with Crippen LogP contribution in [0.2, 0.25) is 0 Å². The van der Waals surface area contributed by atoms with Crippen LogP contribution in [0, 0.1) is 0 Å². The van der Waals surface area contributed by atoms with Crippen molar-refractivity contribution in [3.63, 3.8) is 0 Å². The minimum atomic E-state index is -0.548.